The zero-order chi connectivity index (χ0) is 11.6. The summed E-state index contributed by atoms with van der Waals surface area (Å²) in [7, 11) is -2.36. The Balaban J connectivity index is 2.97. The maximum absolute atomic E-state index is 11.5. The number of halogens is 1. The normalized spacial score (nSPS) is 11.4. The highest BCUT2D eigenvalue weighted by Crippen LogP contribution is 2.17. The fraction of sp³-hybridized carbons (Fsp3) is 0.333. The van der Waals surface area contributed by atoms with Crippen LogP contribution in [0.1, 0.15) is 6.92 Å². The second-order valence-electron chi connectivity index (χ2n) is 2.74. The summed E-state index contributed by atoms with van der Waals surface area (Å²) in [4.78, 5) is 16.0. The van der Waals surface area contributed by atoms with Crippen LogP contribution in [0.3, 0.4) is 0 Å². The van der Waals surface area contributed by atoms with Crippen LogP contribution in [0.5, 0.6) is 0 Å². The SMILES string of the molecule is CC(=O)NNS(=O)(=O)c1ncn(C)c1Cl. The van der Waals surface area contributed by atoms with Crippen molar-refractivity contribution >= 4 is 27.5 Å². The predicted octanol–water partition coefficient (Wildman–Crippen LogP) is -0.597. The van der Waals surface area contributed by atoms with Crippen molar-refractivity contribution in [1.29, 1.82) is 0 Å². The smallest absolute Gasteiger partial charge is 0.277 e. The number of rotatable bonds is 3. The monoisotopic (exact) mass is 252 g/mol. The molecular formula is C6H9ClN4O3S. The van der Waals surface area contributed by atoms with Crippen LogP contribution < -0.4 is 10.3 Å². The Morgan fingerprint density at radius 3 is 2.60 bits per heavy atom. The molecule has 84 valence electrons. The first-order chi connectivity index (χ1) is 6.84. The molecule has 1 aromatic rings. The number of aromatic nitrogens is 2. The van der Waals surface area contributed by atoms with E-state index in [1.165, 1.54) is 17.8 Å². The number of nitrogens with zero attached hydrogens (tertiary/aromatic N) is 2. The number of sulfonamides is 1. The van der Waals surface area contributed by atoms with Gasteiger partial charge in [-0.3, -0.25) is 10.2 Å². The molecular weight excluding hydrogens is 244 g/mol. The maximum Gasteiger partial charge on any atom is 0.277 e. The lowest BCUT2D eigenvalue weighted by Crippen LogP contribution is -2.40. The lowest BCUT2D eigenvalue weighted by atomic mass is 10.8. The van der Waals surface area contributed by atoms with Crippen LogP contribution in [-0.4, -0.2) is 23.9 Å². The van der Waals surface area contributed by atoms with Gasteiger partial charge in [0, 0.05) is 14.0 Å². The molecule has 1 rings (SSSR count). The molecule has 0 aliphatic rings. The van der Waals surface area contributed by atoms with Crippen LogP contribution in [-0.2, 0) is 21.9 Å². The molecule has 2 N–H and O–H groups in total. The Bertz CT molecular complexity index is 481. The van der Waals surface area contributed by atoms with E-state index in [4.69, 9.17) is 11.6 Å². The average molecular weight is 253 g/mol. The van der Waals surface area contributed by atoms with Crippen LogP contribution in [0.4, 0.5) is 0 Å². The molecule has 0 unspecified atom stereocenters. The number of hydrogen-bond donors (Lipinski definition) is 2. The highest BCUT2D eigenvalue weighted by molar-refractivity contribution is 7.89. The van der Waals surface area contributed by atoms with Crippen molar-refractivity contribution in [3.63, 3.8) is 0 Å². The van der Waals surface area contributed by atoms with Crippen molar-refractivity contribution in [2.75, 3.05) is 0 Å². The third-order valence-electron chi connectivity index (χ3n) is 1.45. The zero-order valence-electron chi connectivity index (χ0n) is 7.98. The van der Waals surface area contributed by atoms with Crippen molar-refractivity contribution < 1.29 is 13.2 Å². The standard InChI is InChI=1S/C6H9ClN4O3S/c1-4(12)9-10-15(13,14)6-5(7)11(2)3-8-6/h3,10H,1-2H3,(H,9,12). The molecule has 9 heteroatoms. The number of nitrogens with one attached hydrogen (secondary N) is 2. The summed E-state index contributed by atoms with van der Waals surface area (Å²) in [5.74, 6) is -0.536. The fourth-order valence-electron chi connectivity index (χ4n) is 0.762. The van der Waals surface area contributed by atoms with Crippen LogP contribution >= 0.6 is 11.6 Å². The summed E-state index contributed by atoms with van der Waals surface area (Å²) >= 11 is 5.68. The second kappa shape index (κ2) is 4.17. The molecule has 0 atom stereocenters. The lowest BCUT2D eigenvalue weighted by molar-refractivity contribution is -0.119. The third kappa shape index (κ3) is 2.67. The van der Waals surface area contributed by atoms with Crippen molar-refractivity contribution in [3.05, 3.63) is 11.5 Å². The van der Waals surface area contributed by atoms with E-state index < -0.39 is 15.9 Å². The van der Waals surface area contributed by atoms with Crippen molar-refractivity contribution in [2.24, 2.45) is 7.05 Å². The zero-order valence-corrected chi connectivity index (χ0v) is 9.56. The maximum atomic E-state index is 11.5. The summed E-state index contributed by atoms with van der Waals surface area (Å²) in [6.45, 7) is 1.17. The number of amides is 1. The molecule has 0 radical (unpaired) electrons. The number of carbonyl (C=O) groups excluding carboxylic acids is 1. The van der Waals surface area contributed by atoms with Crippen LogP contribution in [0.25, 0.3) is 0 Å². The Kier molecular flexibility index (Phi) is 3.32. The molecule has 0 saturated carbocycles. The van der Waals surface area contributed by atoms with E-state index in [1.54, 1.807) is 7.05 Å². The summed E-state index contributed by atoms with van der Waals surface area (Å²) < 4.78 is 24.3. The van der Waals surface area contributed by atoms with Crippen molar-refractivity contribution in [1.82, 2.24) is 19.8 Å². The van der Waals surface area contributed by atoms with E-state index in [1.807, 2.05) is 10.3 Å². The van der Waals surface area contributed by atoms with Crippen LogP contribution in [0, 0.1) is 0 Å². The van der Waals surface area contributed by atoms with E-state index >= 15 is 0 Å². The molecule has 15 heavy (non-hydrogen) atoms. The molecule has 0 fully saturated rings. The fourth-order valence-corrected chi connectivity index (χ4v) is 2.09. The molecule has 0 aliphatic heterocycles. The average Bonchev–Trinajstić information content (AvgIpc) is 2.45. The van der Waals surface area contributed by atoms with Gasteiger partial charge in [0.1, 0.15) is 5.15 Å². The number of hydrogen-bond acceptors (Lipinski definition) is 4. The number of carbonyl (C=O) groups is 1. The summed E-state index contributed by atoms with van der Waals surface area (Å²) in [6, 6.07) is 0. The van der Waals surface area contributed by atoms with Gasteiger partial charge >= 0.3 is 0 Å². The van der Waals surface area contributed by atoms with Gasteiger partial charge in [0.15, 0.2) is 0 Å². The minimum Gasteiger partial charge on any atom is -0.324 e. The van der Waals surface area contributed by atoms with Gasteiger partial charge in [-0.1, -0.05) is 11.6 Å². The summed E-state index contributed by atoms with van der Waals surface area (Å²) in [5.41, 5.74) is 1.94. The number of hydrazine groups is 1. The largest absolute Gasteiger partial charge is 0.324 e. The first kappa shape index (κ1) is 12.0. The van der Waals surface area contributed by atoms with Gasteiger partial charge in [-0.2, -0.15) is 0 Å². The Morgan fingerprint density at radius 2 is 2.20 bits per heavy atom. The molecule has 0 spiro atoms. The van der Waals surface area contributed by atoms with Gasteiger partial charge < -0.3 is 4.57 Å². The van der Waals surface area contributed by atoms with Gasteiger partial charge in [0.05, 0.1) is 6.33 Å². The summed E-state index contributed by atoms with van der Waals surface area (Å²) in [5, 5.41) is -0.367. The van der Waals surface area contributed by atoms with Gasteiger partial charge in [0.25, 0.3) is 10.0 Å². The molecule has 0 saturated heterocycles. The quantitative estimate of drug-likeness (QED) is 0.703. The van der Waals surface area contributed by atoms with Gasteiger partial charge in [-0.25, -0.2) is 13.4 Å². The van der Waals surface area contributed by atoms with Gasteiger partial charge in [-0.15, -0.1) is 4.83 Å². The number of aryl methyl sites for hydroxylation is 1. The molecule has 1 amide bonds. The highest BCUT2D eigenvalue weighted by Gasteiger charge is 2.22. The van der Waals surface area contributed by atoms with E-state index in [0.717, 1.165) is 0 Å². The van der Waals surface area contributed by atoms with E-state index in [2.05, 4.69) is 4.98 Å². The minimum atomic E-state index is -3.91. The highest BCUT2D eigenvalue weighted by atomic mass is 35.5. The second-order valence-corrected chi connectivity index (χ2v) is 4.69. The van der Waals surface area contributed by atoms with E-state index in [-0.39, 0.29) is 10.2 Å². The van der Waals surface area contributed by atoms with Crippen molar-refractivity contribution in [2.45, 2.75) is 11.9 Å². The predicted molar refractivity (Wildman–Crippen MR) is 52.4 cm³/mol. The Labute approximate surface area is 91.5 Å². The third-order valence-corrected chi connectivity index (χ3v) is 3.19. The van der Waals surface area contributed by atoms with Gasteiger partial charge in [0.2, 0.25) is 10.9 Å². The molecule has 1 heterocycles. The first-order valence-electron chi connectivity index (χ1n) is 3.80. The molecule has 0 aromatic carbocycles. The molecule has 0 aliphatic carbocycles. The Hall–Kier alpha value is -1.12. The summed E-state index contributed by atoms with van der Waals surface area (Å²) in [6.07, 6.45) is 1.25. The first-order valence-corrected chi connectivity index (χ1v) is 5.66. The topological polar surface area (TPSA) is 93.1 Å². The molecule has 7 nitrogen and oxygen atoms in total. The van der Waals surface area contributed by atoms with E-state index in [0.29, 0.717) is 0 Å². The number of imidazole rings is 1. The van der Waals surface area contributed by atoms with Crippen molar-refractivity contribution in [3.8, 4) is 0 Å². The van der Waals surface area contributed by atoms with E-state index in [9.17, 15) is 13.2 Å². The Morgan fingerprint density at radius 1 is 1.60 bits per heavy atom. The van der Waals surface area contributed by atoms with Crippen LogP contribution in [0.15, 0.2) is 11.4 Å². The lowest BCUT2D eigenvalue weighted by Gasteiger charge is -2.04. The molecule has 0 bridgehead atoms. The van der Waals surface area contributed by atoms with Gasteiger partial charge in [-0.05, 0) is 0 Å². The minimum absolute atomic E-state index is 0.0344. The molecule has 1 aromatic heterocycles. The van der Waals surface area contributed by atoms with Crippen LogP contribution in [0.2, 0.25) is 5.15 Å².